The van der Waals surface area contributed by atoms with E-state index in [0.29, 0.717) is 6.61 Å². The molecule has 38 heavy (non-hydrogen) atoms. The second-order valence-corrected chi connectivity index (χ2v) is 9.33. The quantitative estimate of drug-likeness (QED) is 0.190. The first-order chi connectivity index (χ1) is 18.5. The molecule has 0 aliphatic carbocycles. The highest BCUT2D eigenvalue weighted by Crippen LogP contribution is 2.19. The smallest absolute Gasteiger partial charge is 0.407 e. The first kappa shape index (κ1) is 26.5. The second-order valence-electron chi connectivity index (χ2n) is 9.33. The normalized spacial score (nSPS) is 12.0. The third-order valence-electron chi connectivity index (χ3n) is 5.77. The lowest BCUT2D eigenvalue weighted by Crippen LogP contribution is -2.47. The zero-order valence-electron chi connectivity index (χ0n) is 21.5. The maximum Gasteiger partial charge on any atom is 0.407 e. The molecule has 0 bridgehead atoms. The number of ether oxygens (including phenoxy) is 2. The van der Waals surface area contributed by atoms with Crippen molar-refractivity contribution in [2.45, 2.75) is 32.9 Å². The molecular weight excluding hydrogens is 480 g/mol. The van der Waals surface area contributed by atoms with Gasteiger partial charge in [-0.3, -0.25) is 4.79 Å². The molecule has 196 valence electrons. The number of carbonyl (C=O) groups is 2. The molecule has 0 fully saturated rings. The molecule has 0 spiro atoms. The third kappa shape index (κ3) is 7.70. The van der Waals surface area contributed by atoms with Crippen molar-refractivity contribution in [2.75, 3.05) is 6.61 Å². The van der Waals surface area contributed by atoms with E-state index in [1.807, 2.05) is 98.9 Å². The number of hydrazone groups is 1. The molecule has 8 heteroatoms. The van der Waals surface area contributed by atoms with Gasteiger partial charge in [0.15, 0.2) is 0 Å². The number of aromatic amines is 1. The number of hydrogen-bond donors (Lipinski definition) is 3. The fourth-order valence-corrected chi connectivity index (χ4v) is 3.80. The monoisotopic (exact) mass is 512 g/mol. The average Bonchev–Trinajstić information content (AvgIpc) is 3.34. The largest absolute Gasteiger partial charge is 0.489 e. The number of nitrogens with zero attached hydrogens (tertiary/aromatic N) is 1. The molecule has 4 rings (SSSR count). The Morgan fingerprint density at radius 3 is 2.47 bits per heavy atom. The van der Waals surface area contributed by atoms with Crippen molar-refractivity contribution in [3.63, 3.8) is 0 Å². The molecule has 2 amide bonds. The molecule has 1 atom stereocenters. The van der Waals surface area contributed by atoms with Crippen LogP contribution in [0.4, 0.5) is 4.79 Å². The maximum atomic E-state index is 13.0. The third-order valence-corrected chi connectivity index (χ3v) is 5.77. The molecule has 8 nitrogen and oxygen atoms in total. The number of H-pyrrole nitrogens is 1. The van der Waals surface area contributed by atoms with Gasteiger partial charge in [-0.05, 0) is 52.9 Å². The number of aromatic nitrogens is 1. The summed E-state index contributed by atoms with van der Waals surface area (Å²) in [4.78, 5) is 28.6. The van der Waals surface area contributed by atoms with Crippen molar-refractivity contribution < 1.29 is 19.1 Å². The van der Waals surface area contributed by atoms with Gasteiger partial charge in [0.1, 0.15) is 18.4 Å². The summed E-state index contributed by atoms with van der Waals surface area (Å²) in [5, 5.41) is 7.76. The highest BCUT2D eigenvalue weighted by molar-refractivity contribution is 5.89. The maximum absolute atomic E-state index is 13.0. The highest BCUT2D eigenvalue weighted by Gasteiger charge is 2.23. The van der Waals surface area contributed by atoms with Crippen molar-refractivity contribution >= 4 is 29.1 Å². The van der Waals surface area contributed by atoms with Crippen LogP contribution in [0.15, 0.2) is 90.2 Å². The molecule has 3 aromatic carbocycles. The van der Waals surface area contributed by atoms with Gasteiger partial charge in [-0.2, -0.15) is 5.10 Å². The van der Waals surface area contributed by atoms with Crippen molar-refractivity contribution in [3.05, 3.63) is 102 Å². The van der Waals surface area contributed by atoms with Crippen LogP contribution in [0.25, 0.3) is 10.9 Å². The Bertz CT molecular complexity index is 1360. The van der Waals surface area contributed by atoms with Crippen LogP contribution in [0.3, 0.4) is 0 Å². The van der Waals surface area contributed by atoms with Crippen molar-refractivity contribution in [2.24, 2.45) is 11.0 Å². The Morgan fingerprint density at radius 1 is 0.974 bits per heavy atom. The fourth-order valence-electron chi connectivity index (χ4n) is 3.80. The minimum absolute atomic E-state index is 0.182. The van der Waals surface area contributed by atoms with Crippen LogP contribution in [-0.2, 0) is 22.6 Å². The van der Waals surface area contributed by atoms with Gasteiger partial charge >= 0.3 is 6.09 Å². The molecular formula is C30H32N4O4. The summed E-state index contributed by atoms with van der Waals surface area (Å²) in [6.45, 7) is 4.63. The lowest BCUT2D eigenvalue weighted by molar-refractivity contribution is -0.123. The summed E-state index contributed by atoms with van der Waals surface area (Å²) >= 11 is 0. The van der Waals surface area contributed by atoms with Crippen LogP contribution in [0, 0.1) is 5.92 Å². The lowest BCUT2D eigenvalue weighted by atomic mass is 10.0. The summed E-state index contributed by atoms with van der Waals surface area (Å²) in [5.74, 6) is 0.468. The van der Waals surface area contributed by atoms with E-state index < -0.39 is 18.0 Å². The van der Waals surface area contributed by atoms with Gasteiger partial charge in [0.2, 0.25) is 0 Å². The van der Waals surface area contributed by atoms with Gasteiger partial charge in [-0.25, -0.2) is 10.2 Å². The number of benzene rings is 3. The summed E-state index contributed by atoms with van der Waals surface area (Å²) in [5.41, 5.74) is 6.28. The number of nitrogens with one attached hydrogen (secondary N) is 3. The Morgan fingerprint density at radius 2 is 1.71 bits per heavy atom. The molecule has 0 aliphatic rings. The molecule has 0 radical (unpaired) electrons. The topological polar surface area (TPSA) is 105 Å². The Kier molecular flexibility index (Phi) is 9.12. The van der Waals surface area contributed by atoms with Crippen LogP contribution < -0.4 is 15.5 Å². The van der Waals surface area contributed by atoms with Crippen LogP contribution in [0.2, 0.25) is 0 Å². The lowest BCUT2D eigenvalue weighted by Gasteiger charge is -2.17. The SMILES string of the molecule is CC(C)COC(=O)N[C@@H](Cc1c[nH]c2ccccc12)C(=O)N/N=C\c1ccc(OCc2ccccc2)cc1. The van der Waals surface area contributed by atoms with Crippen molar-refractivity contribution in [3.8, 4) is 5.75 Å². The van der Waals surface area contributed by atoms with Crippen molar-refractivity contribution in [1.29, 1.82) is 0 Å². The fraction of sp³-hybridized carbons (Fsp3) is 0.233. The first-order valence-corrected chi connectivity index (χ1v) is 12.6. The minimum Gasteiger partial charge on any atom is -0.489 e. The van der Waals surface area contributed by atoms with Crippen molar-refractivity contribution in [1.82, 2.24) is 15.7 Å². The number of para-hydroxylation sites is 1. The number of carbonyl (C=O) groups excluding carboxylic acids is 2. The van der Waals surface area contributed by atoms with E-state index in [0.717, 1.165) is 33.3 Å². The Labute approximate surface area is 222 Å². The van der Waals surface area contributed by atoms with Crippen LogP contribution in [0.1, 0.15) is 30.5 Å². The van der Waals surface area contributed by atoms with Gasteiger partial charge in [-0.15, -0.1) is 0 Å². The minimum atomic E-state index is -0.875. The molecule has 1 aromatic heterocycles. The van der Waals surface area contributed by atoms with E-state index in [4.69, 9.17) is 9.47 Å². The van der Waals surface area contributed by atoms with Crippen LogP contribution >= 0.6 is 0 Å². The van der Waals surface area contributed by atoms with Gasteiger partial charge in [0, 0.05) is 23.5 Å². The van der Waals surface area contributed by atoms with E-state index in [1.54, 1.807) is 6.21 Å². The van der Waals surface area contributed by atoms with Gasteiger partial charge in [0.05, 0.1) is 12.8 Å². The molecule has 1 heterocycles. The Balaban J connectivity index is 1.37. The van der Waals surface area contributed by atoms with E-state index >= 15 is 0 Å². The van der Waals surface area contributed by atoms with Gasteiger partial charge in [0.25, 0.3) is 5.91 Å². The van der Waals surface area contributed by atoms with E-state index in [1.165, 1.54) is 0 Å². The predicted octanol–water partition coefficient (Wildman–Crippen LogP) is 5.19. The molecule has 0 saturated carbocycles. The number of amides is 2. The first-order valence-electron chi connectivity index (χ1n) is 12.6. The van der Waals surface area contributed by atoms with Crippen LogP contribution in [-0.4, -0.2) is 35.8 Å². The van der Waals surface area contributed by atoms with Gasteiger partial charge < -0.3 is 19.8 Å². The number of alkyl carbamates (subject to hydrolysis) is 1. The molecule has 0 saturated heterocycles. The summed E-state index contributed by atoms with van der Waals surface area (Å²) in [6, 6.07) is 24.2. The molecule has 0 unspecified atom stereocenters. The zero-order valence-corrected chi connectivity index (χ0v) is 21.5. The van der Waals surface area contributed by atoms with E-state index in [2.05, 4.69) is 20.8 Å². The average molecular weight is 513 g/mol. The number of fused-ring (bicyclic) bond motifs is 1. The number of rotatable bonds is 11. The Hall–Kier alpha value is -4.59. The zero-order chi connectivity index (χ0) is 26.7. The van der Waals surface area contributed by atoms with Gasteiger partial charge in [-0.1, -0.05) is 62.4 Å². The summed E-state index contributed by atoms with van der Waals surface area (Å²) in [7, 11) is 0. The predicted molar refractivity (Wildman–Crippen MR) is 148 cm³/mol. The highest BCUT2D eigenvalue weighted by atomic mass is 16.5. The number of hydrogen-bond acceptors (Lipinski definition) is 5. The summed E-state index contributed by atoms with van der Waals surface area (Å²) in [6.07, 6.45) is 3.01. The summed E-state index contributed by atoms with van der Waals surface area (Å²) < 4.78 is 11.0. The van der Waals surface area contributed by atoms with E-state index in [-0.39, 0.29) is 18.9 Å². The molecule has 4 aromatic rings. The standard InChI is InChI=1S/C30H32N4O4/c1-21(2)19-38-30(36)33-28(16-24-18-31-27-11-7-6-10-26(24)27)29(35)34-32-17-22-12-14-25(15-13-22)37-20-23-8-4-3-5-9-23/h3-15,17-18,21,28,31H,16,19-20H2,1-2H3,(H,33,36)(H,34,35)/b32-17-/t28-/m0/s1. The van der Waals surface area contributed by atoms with Crippen LogP contribution in [0.5, 0.6) is 5.75 Å². The molecule has 3 N–H and O–H groups in total. The molecule has 0 aliphatic heterocycles. The van der Waals surface area contributed by atoms with E-state index in [9.17, 15) is 9.59 Å². The second kappa shape index (κ2) is 13.1.